The monoisotopic (exact) mass is 1920 g/mol. The Labute approximate surface area is 754 Å². The lowest BCUT2D eigenvalue weighted by Crippen LogP contribution is -2.31. The van der Waals surface area contributed by atoms with Crippen LogP contribution in [0.3, 0.4) is 0 Å². The number of thiol groups is 2. The molecule has 6 unspecified atom stereocenters. The summed E-state index contributed by atoms with van der Waals surface area (Å²) >= 11 is 11.6. The molecule has 24 atom stereocenters. The first-order chi connectivity index (χ1) is 61.0. The number of aromatic nitrogens is 24. The average Bonchev–Trinajstić information content (AvgIpc) is 1.64. The van der Waals surface area contributed by atoms with Crippen LogP contribution in [0.5, 0.6) is 0 Å². The van der Waals surface area contributed by atoms with Gasteiger partial charge in [-0.1, -0.05) is 74.7 Å². The minimum Gasteiger partial charge on any atom is -0.394 e. The normalized spacial score (nSPS) is 29.3. The van der Waals surface area contributed by atoms with Gasteiger partial charge in [0.15, 0.2) is 106 Å². The maximum atomic E-state index is 10.4. The number of fused-ring (bicyclic) bond motifs is 6. The van der Waals surface area contributed by atoms with Crippen molar-refractivity contribution in [1.29, 1.82) is 0 Å². The Hall–Kier alpha value is -7.47. The van der Waals surface area contributed by atoms with E-state index >= 15 is 0 Å². The summed E-state index contributed by atoms with van der Waals surface area (Å²) in [6.45, 7) is 4.72. The summed E-state index contributed by atoms with van der Waals surface area (Å²) < 4.78 is 44.7. The van der Waals surface area contributed by atoms with Crippen LogP contribution in [0, 0.1) is 0 Å². The SMILES string of the molecule is CCCSC1[C@@H](O)[C@@H](CO)O[C@H]1n1cnc2c(N)ncnc21.CCCSSC1[C@@H](O)[C@@H](CO)O[C@H]1n1cnc2c(N)ncnc21.CCSSC1[C@@H](O)[C@@H](CO)O[C@H]1n1cnc2c(N)ncnc21.CSC1[C@@H](O)[C@@H](CO)O[C@H]1n1cnc2c(N)ncnc21.Nc1ncnc2c1ncn2[C@@H]1O[C@H](CO)[C@H](O)C1S.Nc1ncnc2c1ncn2[C@@H]1O[C@H](CO)[C@H](O)C1SS. The standard InChI is InChI=1S/C13H19N5O3S2.C13H19N5O3S.C12H17N5O3S2.C11H15N5O3S.C10H13N5O3S2.C10H13N5O3S/c1-2-3-22-23-10-9(20)7(4-19)21-13(10)18-6-17-8-11(14)15-5-16-12(8)18;1-2-3-22-10-9(20)7(4-19)21-13(10)18-6-17-8-11(14)15-5-16-12(8)18;1-2-21-22-9-8(19)6(3-18)20-12(9)17-5-16-7-10(13)14-4-15-11(7)17;1-20-8-7(18)5(2-17)19-11(8)16-4-15-6-9(12)13-3-14-10(6)16;11-8-5-9(13-2-12-8)15(3-14-5)10-7(20-19)6(17)4(1-16)18-10;11-8-5-9(13-2-12-8)15(3-14-5)10-7(19)6(17)4(1-16)18-10/h5-7,9-10,13,19-20H,2-4H2,1H3,(H2,14,15,16);5-7,9-10,13,19-20H,2-4H2,1H3,(H2,14,15,16);4-6,8-9,12,18-19H,2-3H2,1H3,(H2,13,14,15);3-5,7-8,11,17-18H,2H2,1H3,(H2,12,13,14);2-4,6-7,10,16-17,19H,1H2,(H2,11,12,13);2-4,6-7,10,16-17,19H,1H2,(H2,11,12,13)/t2*7-,9+,10?,13-;6-,8+,9?,12-;5-,7+,8?,11-;2*4-,6+,7?,10-/m111111/s1. The molecule has 0 radical (unpaired) electrons. The van der Waals surface area contributed by atoms with Crippen molar-refractivity contribution in [2.45, 2.75) is 176 Å². The Morgan fingerprint density at radius 1 is 0.325 bits per heavy atom. The minimum absolute atomic E-state index is 0.203. The van der Waals surface area contributed by atoms with E-state index in [0.717, 1.165) is 40.9 Å². The summed E-state index contributed by atoms with van der Waals surface area (Å²) in [4.78, 5) is 73.6. The molecular formula is C69H96N30O18S9. The molecule has 12 aromatic rings. The van der Waals surface area contributed by atoms with Gasteiger partial charge in [-0.05, 0) is 24.9 Å². The van der Waals surface area contributed by atoms with Gasteiger partial charge in [-0.2, -0.15) is 36.2 Å². The van der Waals surface area contributed by atoms with Gasteiger partial charge in [-0.15, -0.1) is 11.7 Å². The molecule has 0 aromatic carbocycles. The number of hydrogen-bond donors (Lipinski definition) is 20. The molecule has 0 saturated carbocycles. The topological polar surface area (TPSA) is 716 Å². The smallest absolute Gasteiger partial charge is 0.167 e. The molecule has 0 spiro atoms. The summed E-state index contributed by atoms with van der Waals surface area (Å²) in [6, 6.07) is 0. The van der Waals surface area contributed by atoms with Gasteiger partial charge in [-0.25, -0.2) is 89.7 Å². The van der Waals surface area contributed by atoms with Crippen LogP contribution < -0.4 is 34.4 Å². The van der Waals surface area contributed by atoms with Crippen LogP contribution in [0.25, 0.3) is 67.0 Å². The first-order valence-electron chi connectivity index (χ1n) is 38.9. The lowest BCUT2D eigenvalue weighted by molar-refractivity contribution is -0.0430. The van der Waals surface area contributed by atoms with Crippen molar-refractivity contribution >= 4 is 204 Å². The third kappa shape index (κ3) is 19.9. The molecule has 0 amide bonds. The van der Waals surface area contributed by atoms with Gasteiger partial charge in [-0.3, -0.25) is 27.4 Å². The van der Waals surface area contributed by atoms with E-state index in [1.165, 1.54) is 73.2 Å². The van der Waals surface area contributed by atoms with Gasteiger partial charge in [0.25, 0.3) is 0 Å². The third-order valence-electron chi connectivity index (χ3n) is 20.6. The Bertz CT molecular complexity index is 5310. The van der Waals surface area contributed by atoms with Crippen molar-refractivity contribution in [3.63, 3.8) is 0 Å². The Morgan fingerprint density at radius 2 is 0.571 bits per heavy atom. The van der Waals surface area contributed by atoms with Gasteiger partial charge in [0, 0.05) is 11.5 Å². The van der Waals surface area contributed by atoms with Crippen LogP contribution >= 0.6 is 102 Å². The van der Waals surface area contributed by atoms with Crippen LogP contribution in [0.15, 0.2) is 75.9 Å². The van der Waals surface area contributed by atoms with Crippen molar-refractivity contribution in [3.05, 3.63) is 75.9 Å². The zero-order chi connectivity index (χ0) is 89.9. The molecule has 6 aliphatic rings. The van der Waals surface area contributed by atoms with Crippen molar-refractivity contribution < 1.29 is 89.7 Å². The molecule has 24 N–H and O–H groups in total. The maximum Gasteiger partial charge on any atom is 0.167 e. The molecule has 0 aliphatic carbocycles. The van der Waals surface area contributed by atoms with Crippen LogP contribution in [-0.2, 0) is 28.4 Å². The number of aliphatic hydroxyl groups excluding tert-OH is 12. The second kappa shape index (κ2) is 44.0. The highest BCUT2D eigenvalue weighted by molar-refractivity contribution is 8.77. The fraction of sp³-hybridized carbons (Fsp3) is 0.565. The summed E-state index contributed by atoms with van der Waals surface area (Å²) in [5, 5.41) is 115. The fourth-order valence-electron chi connectivity index (χ4n) is 14.3. The quantitative estimate of drug-likeness (QED) is 0.0203. The van der Waals surface area contributed by atoms with Gasteiger partial charge >= 0.3 is 0 Å². The molecule has 12 aromatic heterocycles. The van der Waals surface area contributed by atoms with E-state index in [-0.39, 0.29) is 77.5 Å². The average molecular weight is 1920 g/mol. The Balaban J connectivity index is 0.000000130. The maximum absolute atomic E-state index is 10.4. The molecular weight excluding hydrogens is 1830 g/mol. The first-order valence-corrected chi connectivity index (χ1v) is 48.5. The molecule has 18 heterocycles. The number of nitrogens with zero attached hydrogens (tertiary/aromatic N) is 24. The molecule has 18 rings (SSSR count). The predicted octanol–water partition coefficient (Wildman–Crippen LogP) is -0.627. The number of nitrogen functional groups attached to an aromatic ring is 6. The molecule has 684 valence electrons. The van der Waals surface area contributed by atoms with Crippen LogP contribution in [0.2, 0.25) is 0 Å². The molecule has 6 saturated heterocycles. The highest BCUT2D eigenvalue weighted by Gasteiger charge is 2.51. The molecule has 6 aliphatic heterocycles. The number of imidazole rings is 6. The number of hydrogen-bond acceptors (Lipinski definition) is 51. The highest BCUT2D eigenvalue weighted by atomic mass is 33.1. The highest BCUT2D eigenvalue weighted by Crippen LogP contribution is 2.48. The lowest BCUT2D eigenvalue weighted by Gasteiger charge is -2.20. The predicted molar refractivity (Wildman–Crippen MR) is 481 cm³/mol. The van der Waals surface area contributed by atoms with Gasteiger partial charge in [0.1, 0.15) is 108 Å². The van der Waals surface area contributed by atoms with Gasteiger partial charge in [0.2, 0.25) is 0 Å². The van der Waals surface area contributed by atoms with E-state index in [1.807, 2.05) is 13.2 Å². The van der Waals surface area contributed by atoms with E-state index < -0.39 is 116 Å². The van der Waals surface area contributed by atoms with E-state index in [1.54, 1.807) is 96.9 Å². The van der Waals surface area contributed by atoms with Gasteiger partial charge < -0.3 is 124 Å². The minimum atomic E-state index is -0.866. The van der Waals surface area contributed by atoms with Gasteiger partial charge in [0.05, 0.1) is 146 Å². The molecule has 126 heavy (non-hydrogen) atoms. The summed E-state index contributed by atoms with van der Waals surface area (Å²) in [7, 11) is 7.58. The van der Waals surface area contributed by atoms with E-state index in [0.29, 0.717) is 90.3 Å². The van der Waals surface area contributed by atoms with Crippen LogP contribution in [0.1, 0.15) is 71.0 Å². The summed E-state index contributed by atoms with van der Waals surface area (Å²) in [6.07, 6.45) is 9.89. The van der Waals surface area contributed by atoms with Crippen molar-refractivity contribution in [3.8, 4) is 0 Å². The second-order valence-corrected chi connectivity index (χ2v) is 38.2. The zero-order valence-corrected chi connectivity index (χ0v) is 74.8. The number of anilines is 6. The number of nitrogens with two attached hydrogens (primary N) is 6. The number of ether oxygens (including phenoxy) is 6. The Kier molecular flexibility index (Phi) is 33.5. The fourth-order valence-corrected chi connectivity index (χ4v) is 23.4. The first kappa shape index (κ1) is 96.1. The van der Waals surface area contributed by atoms with E-state index in [9.17, 15) is 56.2 Å². The van der Waals surface area contributed by atoms with Crippen molar-refractivity contribution in [1.82, 2.24) is 117 Å². The molecule has 48 nitrogen and oxygen atoms in total. The molecule has 57 heteroatoms. The van der Waals surface area contributed by atoms with E-state index in [2.05, 4.69) is 128 Å². The summed E-state index contributed by atoms with van der Waals surface area (Å²) in [5.41, 5.74) is 40.8. The van der Waals surface area contributed by atoms with Crippen molar-refractivity contribution in [2.24, 2.45) is 0 Å². The largest absolute Gasteiger partial charge is 0.394 e. The van der Waals surface area contributed by atoms with Crippen LogP contribution in [-0.4, -0.2) is 346 Å². The molecule has 6 fully saturated rings. The number of rotatable bonds is 24. The van der Waals surface area contributed by atoms with E-state index in [4.69, 9.17) is 67.9 Å². The Morgan fingerprint density at radius 3 is 0.849 bits per heavy atom. The summed E-state index contributed by atoms with van der Waals surface area (Å²) in [5.74, 6) is 4.53. The lowest BCUT2D eigenvalue weighted by atomic mass is 10.2. The molecule has 0 bridgehead atoms. The zero-order valence-electron chi connectivity index (χ0n) is 67.3. The van der Waals surface area contributed by atoms with Crippen molar-refractivity contribution in [2.75, 3.05) is 97.6 Å². The number of thioether (sulfide) groups is 2. The van der Waals surface area contributed by atoms with Crippen LogP contribution in [0.4, 0.5) is 34.9 Å². The number of aliphatic hydroxyl groups is 12. The second-order valence-electron chi connectivity index (χ2n) is 28.4. The third-order valence-corrected chi connectivity index (χ3v) is 31.2.